The molecule has 0 radical (unpaired) electrons. The summed E-state index contributed by atoms with van der Waals surface area (Å²) >= 11 is 2.24. The van der Waals surface area contributed by atoms with E-state index in [2.05, 4.69) is 32.7 Å². The van der Waals surface area contributed by atoms with Crippen LogP contribution in [0.5, 0.6) is 0 Å². The Balaban J connectivity index is 2.24. The summed E-state index contributed by atoms with van der Waals surface area (Å²) in [6.45, 7) is 0. The van der Waals surface area contributed by atoms with Crippen LogP contribution >= 0.6 is 22.6 Å². The van der Waals surface area contributed by atoms with Gasteiger partial charge >= 0.3 is 0 Å². The molecule has 5 heteroatoms. The fraction of sp³-hybridized carbons (Fsp3) is 0. The molecule has 0 spiro atoms. The van der Waals surface area contributed by atoms with E-state index >= 15 is 0 Å². The van der Waals surface area contributed by atoms with Gasteiger partial charge in [-0.25, -0.2) is 14.1 Å². The summed E-state index contributed by atoms with van der Waals surface area (Å²) in [4.78, 5) is 4.30. The van der Waals surface area contributed by atoms with Crippen molar-refractivity contribution in [1.82, 2.24) is 14.8 Å². The molecule has 0 N–H and O–H groups in total. The van der Waals surface area contributed by atoms with Crippen molar-refractivity contribution in [2.45, 2.75) is 0 Å². The van der Waals surface area contributed by atoms with Crippen molar-refractivity contribution < 1.29 is 4.39 Å². The van der Waals surface area contributed by atoms with Gasteiger partial charge in [0.25, 0.3) is 0 Å². The number of aromatic nitrogens is 3. The van der Waals surface area contributed by atoms with Crippen molar-refractivity contribution >= 4 is 33.6 Å². The van der Waals surface area contributed by atoms with Crippen molar-refractivity contribution in [3.8, 4) is 5.69 Å². The van der Waals surface area contributed by atoms with Gasteiger partial charge in [-0.15, -0.1) is 0 Å². The zero-order valence-corrected chi connectivity index (χ0v) is 10.8. The second-order valence-electron chi connectivity index (χ2n) is 3.56. The van der Waals surface area contributed by atoms with Crippen LogP contribution in [0.1, 0.15) is 0 Å². The second kappa shape index (κ2) is 4.06. The van der Waals surface area contributed by atoms with Gasteiger partial charge in [0.15, 0.2) is 5.65 Å². The van der Waals surface area contributed by atoms with Gasteiger partial charge in [-0.05, 0) is 52.9 Å². The maximum absolute atomic E-state index is 12.9. The minimum atomic E-state index is -0.257. The highest BCUT2D eigenvalue weighted by molar-refractivity contribution is 14.1. The standard InChI is InChI=1S/C12H7FIN3/c13-8-1-3-9(4-2-8)17-12-10(7-16-17)11(14)5-6-15-12/h1-7H. The summed E-state index contributed by atoms with van der Waals surface area (Å²) in [7, 11) is 0. The molecular formula is C12H7FIN3. The van der Waals surface area contributed by atoms with Gasteiger partial charge in [-0.2, -0.15) is 5.10 Å². The van der Waals surface area contributed by atoms with Gasteiger partial charge in [0, 0.05) is 9.77 Å². The number of rotatable bonds is 1. The van der Waals surface area contributed by atoms with Crippen LogP contribution in [0.3, 0.4) is 0 Å². The molecule has 0 atom stereocenters. The fourth-order valence-corrected chi connectivity index (χ4v) is 2.21. The maximum Gasteiger partial charge on any atom is 0.163 e. The number of fused-ring (bicyclic) bond motifs is 1. The monoisotopic (exact) mass is 339 g/mol. The van der Waals surface area contributed by atoms with Gasteiger partial charge in [-0.1, -0.05) is 0 Å². The van der Waals surface area contributed by atoms with Crippen molar-refractivity contribution in [3.05, 3.63) is 52.1 Å². The highest BCUT2D eigenvalue weighted by Gasteiger charge is 2.08. The van der Waals surface area contributed by atoms with E-state index in [0.717, 1.165) is 20.3 Å². The first-order valence-electron chi connectivity index (χ1n) is 5.00. The van der Waals surface area contributed by atoms with E-state index in [1.165, 1.54) is 12.1 Å². The molecule has 0 unspecified atom stereocenters. The molecule has 2 aromatic heterocycles. The molecule has 84 valence electrons. The Bertz CT molecular complexity index is 676. The summed E-state index contributed by atoms with van der Waals surface area (Å²) in [5, 5.41) is 5.28. The van der Waals surface area contributed by atoms with Crippen LogP contribution in [0.15, 0.2) is 42.7 Å². The number of nitrogens with zero attached hydrogens (tertiary/aromatic N) is 3. The number of halogens is 2. The fourth-order valence-electron chi connectivity index (χ4n) is 1.67. The average molecular weight is 339 g/mol. The third-order valence-corrected chi connectivity index (χ3v) is 3.43. The van der Waals surface area contributed by atoms with Gasteiger partial charge < -0.3 is 0 Å². The van der Waals surface area contributed by atoms with Gasteiger partial charge in [0.1, 0.15) is 5.82 Å². The van der Waals surface area contributed by atoms with Crippen LogP contribution in [0.25, 0.3) is 16.7 Å². The van der Waals surface area contributed by atoms with E-state index in [0.29, 0.717) is 0 Å². The predicted molar refractivity (Wildman–Crippen MR) is 71.5 cm³/mol. The van der Waals surface area contributed by atoms with Crippen molar-refractivity contribution in [1.29, 1.82) is 0 Å². The normalized spacial score (nSPS) is 10.9. The molecule has 1 aromatic carbocycles. The molecule has 0 saturated carbocycles. The Morgan fingerprint density at radius 2 is 1.88 bits per heavy atom. The van der Waals surface area contributed by atoms with Crippen molar-refractivity contribution in [2.75, 3.05) is 0 Å². The Morgan fingerprint density at radius 3 is 2.65 bits per heavy atom. The number of pyridine rings is 1. The number of hydrogen-bond acceptors (Lipinski definition) is 2. The van der Waals surface area contributed by atoms with Gasteiger partial charge in [-0.3, -0.25) is 0 Å². The molecule has 0 aliphatic heterocycles. The van der Waals surface area contributed by atoms with E-state index in [-0.39, 0.29) is 5.82 Å². The Kier molecular flexibility index (Phi) is 2.54. The summed E-state index contributed by atoms with van der Waals surface area (Å²) in [6.07, 6.45) is 3.51. The van der Waals surface area contributed by atoms with Crippen molar-refractivity contribution in [3.63, 3.8) is 0 Å². The highest BCUT2D eigenvalue weighted by Crippen LogP contribution is 2.20. The third kappa shape index (κ3) is 1.80. The largest absolute Gasteiger partial charge is 0.236 e. The highest BCUT2D eigenvalue weighted by atomic mass is 127. The topological polar surface area (TPSA) is 30.7 Å². The minimum Gasteiger partial charge on any atom is -0.236 e. The summed E-state index contributed by atoms with van der Waals surface area (Å²) in [5.74, 6) is -0.257. The van der Waals surface area contributed by atoms with E-state index in [1.54, 1.807) is 29.2 Å². The van der Waals surface area contributed by atoms with Crippen LogP contribution in [-0.2, 0) is 0 Å². The lowest BCUT2D eigenvalue weighted by molar-refractivity contribution is 0.627. The van der Waals surface area contributed by atoms with Crippen molar-refractivity contribution in [2.24, 2.45) is 0 Å². The van der Waals surface area contributed by atoms with Crippen LogP contribution in [0.4, 0.5) is 4.39 Å². The van der Waals surface area contributed by atoms with E-state index < -0.39 is 0 Å². The Hall–Kier alpha value is -1.50. The first kappa shape index (κ1) is 10.6. The van der Waals surface area contributed by atoms with E-state index in [9.17, 15) is 4.39 Å². The molecule has 3 nitrogen and oxygen atoms in total. The smallest absolute Gasteiger partial charge is 0.163 e. The molecule has 17 heavy (non-hydrogen) atoms. The summed E-state index contributed by atoms with van der Waals surface area (Å²) in [5.41, 5.74) is 1.58. The minimum absolute atomic E-state index is 0.257. The lowest BCUT2D eigenvalue weighted by Gasteiger charge is -2.02. The lowest BCUT2D eigenvalue weighted by atomic mass is 10.3. The predicted octanol–water partition coefficient (Wildman–Crippen LogP) is 3.16. The van der Waals surface area contributed by atoms with E-state index in [4.69, 9.17) is 0 Å². The summed E-state index contributed by atoms with van der Waals surface area (Å²) < 4.78 is 15.7. The molecular weight excluding hydrogens is 332 g/mol. The Morgan fingerprint density at radius 1 is 1.12 bits per heavy atom. The molecule has 2 heterocycles. The maximum atomic E-state index is 12.9. The summed E-state index contributed by atoms with van der Waals surface area (Å²) in [6, 6.07) is 8.12. The first-order valence-corrected chi connectivity index (χ1v) is 6.08. The van der Waals surface area contributed by atoms with E-state index in [1.807, 2.05) is 6.07 Å². The van der Waals surface area contributed by atoms with Gasteiger partial charge in [0.2, 0.25) is 0 Å². The molecule has 0 fully saturated rings. The lowest BCUT2D eigenvalue weighted by Crippen LogP contribution is -1.97. The van der Waals surface area contributed by atoms with Crippen LogP contribution < -0.4 is 0 Å². The third-order valence-electron chi connectivity index (χ3n) is 2.49. The number of benzene rings is 1. The molecule has 0 aliphatic rings. The zero-order valence-electron chi connectivity index (χ0n) is 8.64. The zero-order chi connectivity index (χ0) is 11.8. The van der Waals surface area contributed by atoms with Crippen LogP contribution in [0.2, 0.25) is 0 Å². The average Bonchev–Trinajstić information content (AvgIpc) is 2.75. The Labute approximate surface area is 110 Å². The molecule has 3 rings (SSSR count). The molecule has 0 saturated heterocycles. The SMILES string of the molecule is Fc1ccc(-n2ncc3c(I)ccnc32)cc1. The molecule has 0 amide bonds. The number of hydrogen-bond donors (Lipinski definition) is 0. The second-order valence-corrected chi connectivity index (χ2v) is 4.73. The van der Waals surface area contributed by atoms with Crippen LogP contribution in [0, 0.1) is 9.39 Å². The molecule has 0 aliphatic carbocycles. The quantitative estimate of drug-likeness (QED) is 0.638. The molecule has 3 aromatic rings. The molecule has 0 bridgehead atoms. The first-order chi connectivity index (χ1) is 8.25. The van der Waals surface area contributed by atoms with Gasteiger partial charge in [0.05, 0.1) is 17.3 Å². The van der Waals surface area contributed by atoms with Crippen LogP contribution in [-0.4, -0.2) is 14.8 Å².